The molecule has 4 aromatic rings. The van der Waals surface area contributed by atoms with Crippen LogP contribution in [0.25, 0.3) is 5.00 Å². The van der Waals surface area contributed by atoms with Gasteiger partial charge < -0.3 is 0 Å². The molecule has 0 radical (unpaired) electrons. The van der Waals surface area contributed by atoms with E-state index in [-0.39, 0.29) is 0 Å². The first-order chi connectivity index (χ1) is 14.6. The van der Waals surface area contributed by atoms with Gasteiger partial charge in [-0.3, -0.25) is 9.55 Å². The van der Waals surface area contributed by atoms with Crippen LogP contribution in [0.5, 0.6) is 0 Å². The predicted molar refractivity (Wildman–Crippen MR) is 121 cm³/mol. The predicted octanol–water partition coefficient (Wildman–Crippen LogP) is 5.02. The number of halogens is 1. The molecule has 0 saturated carbocycles. The van der Waals surface area contributed by atoms with Gasteiger partial charge in [0.15, 0.2) is 0 Å². The average Bonchev–Trinajstić information content (AvgIpc) is 3.33. The van der Waals surface area contributed by atoms with E-state index in [1.165, 1.54) is 4.88 Å². The fourth-order valence-corrected chi connectivity index (χ4v) is 4.77. The topological polar surface area (TPSA) is 59.2 Å². The van der Waals surface area contributed by atoms with Gasteiger partial charge in [-0.15, -0.1) is 21.5 Å². The number of aryl methyl sites for hydroxylation is 2. The van der Waals surface area contributed by atoms with Crippen molar-refractivity contribution in [3.8, 4) is 5.00 Å². The van der Waals surface area contributed by atoms with E-state index in [9.17, 15) is 0 Å². The van der Waals surface area contributed by atoms with Crippen LogP contribution in [-0.4, -0.2) is 25.5 Å². The minimum atomic E-state index is 0.540. The van der Waals surface area contributed by atoms with Gasteiger partial charge in [-0.25, -0.2) is 5.01 Å². The Morgan fingerprint density at radius 2 is 1.93 bits per heavy atom. The van der Waals surface area contributed by atoms with Crippen LogP contribution in [-0.2, 0) is 13.0 Å². The molecule has 6 nitrogen and oxygen atoms in total. The van der Waals surface area contributed by atoms with E-state index in [0.717, 1.165) is 39.6 Å². The zero-order chi connectivity index (χ0) is 20.7. The van der Waals surface area contributed by atoms with E-state index >= 15 is 0 Å². The Bertz CT molecular complexity index is 1230. The Kier molecular flexibility index (Phi) is 4.84. The maximum atomic E-state index is 6.14. The molecular weight excluding hydrogens is 416 g/mol. The van der Waals surface area contributed by atoms with Crippen molar-refractivity contribution in [2.75, 3.05) is 5.01 Å². The molecule has 0 fully saturated rings. The van der Waals surface area contributed by atoms with Gasteiger partial charge in [-0.1, -0.05) is 36.7 Å². The first kappa shape index (κ1) is 19.0. The summed E-state index contributed by atoms with van der Waals surface area (Å²) in [6.45, 7) is 4.68. The van der Waals surface area contributed by atoms with Gasteiger partial charge in [0.2, 0.25) is 0 Å². The smallest absolute Gasteiger partial charge is 0.253 e. The Hall–Kier alpha value is -3.03. The van der Waals surface area contributed by atoms with Gasteiger partial charge in [0.1, 0.15) is 16.5 Å². The van der Waals surface area contributed by atoms with E-state index in [1.54, 1.807) is 17.5 Å². The van der Waals surface area contributed by atoms with Crippen molar-refractivity contribution in [2.24, 2.45) is 5.10 Å². The maximum Gasteiger partial charge on any atom is 0.253 e. The second kappa shape index (κ2) is 7.66. The molecule has 3 aromatic heterocycles. The molecule has 0 amide bonds. The number of hydrazone groups is 1. The maximum absolute atomic E-state index is 6.14. The van der Waals surface area contributed by atoms with Gasteiger partial charge in [0.05, 0.1) is 6.54 Å². The lowest BCUT2D eigenvalue weighted by Gasteiger charge is -2.17. The monoisotopic (exact) mass is 434 g/mol. The molecule has 1 aliphatic heterocycles. The summed E-state index contributed by atoms with van der Waals surface area (Å²) in [5.41, 5.74) is 4.03. The van der Waals surface area contributed by atoms with Crippen LogP contribution >= 0.6 is 22.9 Å². The van der Waals surface area contributed by atoms with Crippen LogP contribution in [0.1, 0.15) is 34.3 Å². The molecule has 150 valence electrons. The summed E-state index contributed by atoms with van der Waals surface area (Å²) in [4.78, 5) is 5.54. The molecule has 4 heterocycles. The first-order valence-corrected chi connectivity index (χ1v) is 10.9. The number of benzene rings is 1. The summed E-state index contributed by atoms with van der Waals surface area (Å²) in [5, 5.41) is 17.6. The number of hydrogen-bond donors (Lipinski definition) is 0. The molecule has 0 bridgehead atoms. The van der Waals surface area contributed by atoms with Gasteiger partial charge in [0.25, 0.3) is 5.95 Å². The molecular formula is C22H19ClN6S. The average molecular weight is 435 g/mol. The van der Waals surface area contributed by atoms with Crippen LogP contribution in [0, 0.1) is 6.92 Å². The molecule has 1 aliphatic rings. The number of anilines is 1. The Morgan fingerprint density at radius 3 is 2.67 bits per heavy atom. The Balaban J connectivity index is 1.73. The van der Waals surface area contributed by atoms with E-state index in [2.05, 4.69) is 32.7 Å². The Labute approximate surface area is 183 Å². The van der Waals surface area contributed by atoms with Crippen LogP contribution in [0.15, 0.2) is 60.0 Å². The molecule has 5 rings (SSSR count). The van der Waals surface area contributed by atoms with E-state index in [0.29, 0.717) is 17.5 Å². The second-order valence-corrected chi connectivity index (χ2v) is 8.59. The van der Waals surface area contributed by atoms with E-state index < -0.39 is 0 Å². The standard InChI is InChI=1S/C22H19ClN6S/c1-3-18-11-19-20(16-6-8-17(23)9-7-16)27-28(13-15-5-4-10-24-12-15)22-26-25-14(2)29(22)21(19)30-18/h4-12H,3,13H2,1-2H3. The highest BCUT2D eigenvalue weighted by molar-refractivity contribution is 7.15. The van der Waals surface area contributed by atoms with Crippen molar-refractivity contribution >= 4 is 34.6 Å². The van der Waals surface area contributed by atoms with Crippen molar-refractivity contribution in [2.45, 2.75) is 26.8 Å². The molecule has 0 atom stereocenters. The van der Waals surface area contributed by atoms with Gasteiger partial charge in [-0.05, 0) is 43.2 Å². The zero-order valence-corrected chi connectivity index (χ0v) is 18.2. The largest absolute Gasteiger partial charge is 0.264 e. The lowest BCUT2D eigenvalue weighted by molar-refractivity contribution is 0.795. The lowest BCUT2D eigenvalue weighted by Crippen LogP contribution is -2.20. The first-order valence-electron chi connectivity index (χ1n) is 9.70. The van der Waals surface area contributed by atoms with Crippen molar-refractivity contribution in [3.63, 3.8) is 0 Å². The van der Waals surface area contributed by atoms with Crippen molar-refractivity contribution in [1.82, 2.24) is 19.7 Å². The SMILES string of the molecule is CCc1cc2c(s1)-n1c(C)nnc1N(Cc1cccnc1)N=C2c1ccc(Cl)cc1. The van der Waals surface area contributed by atoms with Crippen LogP contribution in [0.3, 0.4) is 0 Å². The van der Waals surface area contributed by atoms with Crippen LogP contribution in [0.4, 0.5) is 5.95 Å². The zero-order valence-electron chi connectivity index (χ0n) is 16.6. The third-order valence-electron chi connectivity index (χ3n) is 5.00. The summed E-state index contributed by atoms with van der Waals surface area (Å²) in [7, 11) is 0. The fourth-order valence-electron chi connectivity index (χ4n) is 3.51. The molecule has 0 saturated heterocycles. The molecule has 8 heteroatoms. The summed E-state index contributed by atoms with van der Waals surface area (Å²) in [5.74, 6) is 1.53. The third kappa shape index (κ3) is 3.30. The fraction of sp³-hybridized carbons (Fsp3) is 0.182. The number of fused-ring (bicyclic) bond motifs is 3. The molecule has 0 aliphatic carbocycles. The summed E-state index contributed by atoms with van der Waals surface area (Å²) >= 11 is 7.90. The minimum Gasteiger partial charge on any atom is -0.264 e. The van der Waals surface area contributed by atoms with Crippen LogP contribution in [0.2, 0.25) is 5.02 Å². The third-order valence-corrected chi connectivity index (χ3v) is 6.52. The number of hydrogen-bond acceptors (Lipinski definition) is 6. The number of rotatable bonds is 4. The second-order valence-electron chi connectivity index (χ2n) is 7.04. The van der Waals surface area contributed by atoms with E-state index in [4.69, 9.17) is 16.7 Å². The van der Waals surface area contributed by atoms with Crippen molar-refractivity contribution in [1.29, 1.82) is 0 Å². The molecule has 0 spiro atoms. The van der Waals surface area contributed by atoms with Crippen molar-refractivity contribution < 1.29 is 0 Å². The van der Waals surface area contributed by atoms with Gasteiger partial charge >= 0.3 is 0 Å². The molecule has 0 unspecified atom stereocenters. The summed E-state index contributed by atoms with van der Waals surface area (Å²) in [6.07, 6.45) is 4.58. The molecule has 30 heavy (non-hydrogen) atoms. The highest BCUT2D eigenvalue weighted by Crippen LogP contribution is 2.36. The van der Waals surface area contributed by atoms with Crippen molar-refractivity contribution in [3.05, 3.63) is 87.3 Å². The van der Waals surface area contributed by atoms with Gasteiger partial charge in [-0.2, -0.15) is 5.10 Å². The summed E-state index contributed by atoms with van der Waals surface area (Å²) in [6, 6.07) is 14.0. The number of nitrogens with zero attached hydrogens (tertiary/aromatic N) is 6. The van der Waals surface area contributed by atoms with E-state index in [1.807, 2.05) is 54.5 Å². The normalized spacial score (nSPS) is 12.9. The quantitative estimate of drug-likeness (QED) is 0.452. The number of thiophene rings is 1. The minimum absolute atomic E-state index is 0.540. The summed E-state index contributed by atoms with van der Waals surface area (Å²) < 4.78 is 2.10. The highest BCUT2D eigenvalue weighted by Gasteiger charge is 2.28. The van der Waals surface area contributed by atoms with Gasteiger partial charge in [0, 0.05) is 33.4 Å². The molecule has 0 N–H and O–H groups in total. The lowest BCUT2D eigenvalue weighted by atomic mass is 10.0. The van der Waals surface area contributed by atoms with Crippen LogP contribution < -0.4 is 5.01 Å². The molecule has 1 aromatic carbocycles. The number of pyridine rings is 1. The Morgan fingerprint density at radius 1 is 1.10 bits per heavy atom. The number of aromatic nitrogens is 4. The highest BCUT2D eigenvalue weighted by atomic mass is 35.5.